The van der Waals surface area contributed by atoms with Gasteiger partial charge in [0.15, 0.2) is 5.16 Å². The molecule has 98 valence electrons. The zero-order valence-electron chi connectivity index (χ0n) is 9.91. The van der Waals surface area contributed by atoms with Crippen molar-refractivity contribution in [2.24, 2.45) is 0 Å². The van der Waals surface area contributed by atoms with Crippen molar-refractivity contribution < 1.29 is 9.90 Å². The molecule has 7 heteroatoms. The number of hydrogen-bond donors (Lipinski definition) is 2. The third kappa shape index (κ3) is 3.18. The Morgan fingerprint density at radius 3 is 2.68 bits per heavy atom. The highest BCUT2D eigenvalue weighted by atomic mass is 32.2. The maximum atomic E-state index is 11.3. The van der Waals surface area contributed by atoms with E-state index in [1.807, 2.05) is 6.26 Å². The standard InChI is InChI=1S/C12H10N2O3S2/c1-18-7-3-2-4-8(10(7)11(16)17)19-12-13-6-5-9(15)14-12/h2-6H,1H3,(H,16,17)(H,13,14,15). The molecule has 0 aliphatic carbocycles. The minimum absolute atomic E-state index is 0.228. The van der Waals surface area contributed by atoms with Crippen LogP contribution in [-0.2, 0) is 0 Å². The number of carboxylic acid groups (broad SMARTS) is 1. The fraction of sp³-hybridized carbons (Fsp3) is 0.0833. The Balaban J connectivity index is 2.45. The lowest BCUT2D eigenvalue weighted by Gasteiger charge is -2.08. The second-order valence-corrected chi connectivity index (χ2v) is 5.36. The fourth-order valence-electron chi connectivity index (χ4n) is 1.48. The van der Waals surface area contributed by atoms with Gasteiger partial charge in [0.25, 0.3) is 5.56 Å². The number of H-pyrrole nitrogens is 1. The van der Waals surface area contributed by atoms with Gasteiger partial charge in [-0.1, -0.05) is 17.8 Å². The van der Waals surface area contributed by atoms with Crippen molar-refractivity contribution in [1.29, 1.82) is 0 Å². The molecule has 19 heavy (non-hydrogen) atoms. The molecule has 2 aromatic rings. The van der Waals surface area contributed by atoms with Gasteiger partial charge in [0.1, 0.15) is 0 Å². The number of nitrogens with one attached hydrogen (secondary N) is 1. The first kappa shape index (κ1) is 13.7. The Hall–Kier alpha value is -1.73. The summed E-state index contributed by atoms with van der Waals surface area (Å²) in [5.41, 5.74) is -0.0399. The van der Waals surface area contributed by atoms with Crippen LogP contribution in [0.4, 0.5) is 0 Å². The smallest absolute Gasteiger partial charge is 0.337 e. The van der Waals surface area contributed by atoms with E-state index in [9.17, 15) is 14.7 Å². The first-order valence-corrected chi connectivity index (χ1v) is 7.29. The summed E-state index contributed by atoms with van der Waals surface area (Å²) in [5, 5.41) is 9.66. The SMILES string of the molecule is CSc1cccc(Sc2nccc(=O)[nH]2)c1C(=O)O. The minimum Gasteiger partial charge on any atom is -0.478 e. The third-order valence-corrected chi connectivity index (χ3v) is 4.02. The van der Waals surface area contributed by atoms with Crippen molar-refractivity contribution in [3.63, 3.8) is 0 Å². The molecule has 0 bridgehead atoms. The van der Waals surface area contributed by atoms with E-state index in [1.54, 1.807) is 18.2 Å². The van der Waals surface area contributed by atoms with E-state index in [4.69, 9.17) is 0 Å². The van der Waals surface area contributed by atoms with E-state index in [-0.39, 0.29) is 11.1 Å². The van der Waals surface area contributed by atoms with Crippen molar-refractivity contribution in [2.45, 2.75) is 14.9 Å². The van der Waals surface area contributed by atoms with Crippen LogP contribution < -0.4 is 5.56 Å². The lowest BCUT2D eigenvalue weighted by Crippen LogP contribution is -2.06. The molecule has 0 radical (unpaired) electrons. The molecule has 1 aromatic carbocycles. The minimum atomic E-state index is -0.995. The molecule has 5 nitrogen and oxygen atoms in total. The van der Waals surface area contributed by atoms with Crippen molar-refractivity contribution in [2.75, 3.05) is 6.26 Å². The average Bonchev–Trinajstić information content (AvgIpc) is 2.38. The number of carboxylic acids is 1. The summed E-state index contributed by atoms with van der Waals surface area (Å²) in [7, 11) is 0. The molecule has 2 rings (SSSR count). The fourth-order valence-corrected chi connectivity index (χ4v) is 3.09. The summed E-state index contributed by atoms with van der Waals surface area (Å²) in [4.78, 5) is 30.3. The predicted octanol–water partition coefficient (Wildman–Crippen LogP) is 2.34. The van der Waals surface area contributed by atoms with Crippen LogP contribution in [0.3, 0.4) is 0 Å². The number of carbonyl (C=O) groups is 1. The van der Waals surface area contributed by atoms with E-state index in [2.05, 4.69) is 9.97 Å². The maximum Gasteiger partial charge on any atom is 0.337 e. The van der Waals surface area contributed by atoms with Gasteiger partial charge in [0, 0.05) is 22.1 Å². The molecule has 2 N–H and O–H groups in total. The number of aromatic amines is 1. The molecule has 0 unspecified atom stereocenters. The predicted molar refractivity (Wildman–Crippen MR) is 74.2 cm³/mol. The maximum absolute atomic E-state index is 11.3. The number of rotatable bonds is 4. The zero-order chi connectivity index (χ0) is 13.8. The van der Waals surface area contributed by atoms with Gasteiger partial charge in [-0.3, -0.25) is 4.79 Å². The summed E-state index contributed by atoms with van der Waals surface area (Å²) in [5.74, 6) is -0.995. The van der Waals surface area contributed by atoms with Crippen molar-refractivity contribution >= 4 is 29.5 Å². The van der Waals surface area contributed by atoms with Crippen LogP contribution in [0.25, 0.3) is 0 Å². The lowest BCUT2D eigenvalue weighted by molar-refractivity contribution is 0.0689. The van der Waals surface area contributed by atoms with Crippen LogP contribution in [-0.4, -0.2) is 27.3 Å². The molecule has 1 aromatic heterocycles. The average molecular weight is 294 g/mol. The van der Waals surface area contributed by atoms with E-state index in [0.717, 1.165) is 11.8 Å². The van der Waals surface area contributed by atoms with Crippen LogP contribution in [0.2, 0.25) is 0 Å². The summed E-state index contributed by atoms with van der Waals surface area (Å²) in [6.45, 7) is 0. The molecule has 0 amide bonds. The number of benzene rings is 1. The van der Waals surface area contributed by atoms with Crippen LogP contribution in [0, 0.1) is 0 Å². The number of aromatic carboxylic acids is 1. The lowest BCUT2D eigenvalue weighted by atomic mass is 10.2. The Labute approximate surface area is 117 Å². The van der Waals surface area contributed by atoms with Crippen molar-refractivity contribution in [1.82, 2.24) is 9.97 Å². The van der Waals surface area contributed by atoms with Gasteiger partial charge in [-0.05, 0) is 18.4 Å². The number of aromatic nitrogens is 2. The molecule has 1 heterocycles. The van der Waals surface area contributed by atoms with E-state index < -0.39 is 5.97 Å². The largest absolute Gasteiger partial charge is 0.478 e. The number of nitrogens with zero attached hydrogens (tertiary/aromatic N) is 1. The highest BCUT2D eigenvalue weighted by Crippen LogP contribution is 2.32. The highest BCUT2D eigenvalue weighted by Gasteiger charge is 2.16. The Morgan fingerprint density at radius 2 is 2.05 bits per heavy atom. The Kier molecular flexibility index (Phi) is 4.28. The first-order chi connectivity index (χ1) is 9.11. The molecule has 0 aliphatic rings. The van der Waals surface area contributed by atoms with Gasteiger partial charge < -0.3 is 10.1 Å². The summed E-state index contributed by atoms with van der Waals surface area (Å²) in [6, 6.07) is 6.53. The first-order valence-electron chi connectivity index (χ1n) is 5.25. The van der Waals surface area contributed by atoms with E-state index in [0.29, 0.717) is 14.9 Å². The van der Waals surface area contributed by atoms with Crippen LogP contribution in [0.15, 0.2) is 50.2 Å². The van der Waals surface area contributed by atoms with Crippen LogP contribution in [0.1, 0.15) is 10.4 Å². The summed E-state index contributed by atoms with van der Waals surface area (Å²) < 4.78 is 0. The van der Waals surface area contributed by atoms with Gasteiger partial charge in [0.2, 0.25) is 0 Å². The Bertz CT molecular complexity index is 670. The summed E-state index contributed by atoms with van der Waals surface area (Å²) in [6.07, 6.45) is 3.21. The molecule has 0 fully saturated rings. The second kappa shape index (κ2) is 5.94. The highest BCUT2D eigenvalue weighted by molar-refractivity contribution is 7.99. The van der Waals surface area contributed by atoms with Crippen LogP contribution in [0.5, 0.6) is 0 Å². The molecule has 0 spiro atoms. The van der Waals surface area contributed by atoms with E-state index >= 15 is 0 Å². The molecule has 0 saturated carbocycles. The van der Waals surface area contributed by atoms with Gasteiger partial charge in [-0.15, -0.1) is 11.8 Å². The van der Waals surface area contributed by atoms with Crippen LogP contribution >= 0.6 is 23.5 Å². The normalized spacial score (nSPS) is 10.4. The molecule has 0 atom stereocenters. The van der Waals surface area contributed by atoms with Gasteiger partial charge in [-0.25, -0.2) is 9.78 Å². The van der Waals surface area contributed by atoms with Gasteiger partial charge in [-0.2, -0.15) is 0 Å². The number of thioether (sulfide) groups is 1. The second-order valence-electron chi connectivity index (χ2n) is 3.48. The topological polar surface area (TPSA) is 83.0 Å². The van der Waals surface area contributed by atoms with Crippen molar-refractivity contribution in [3.05, 3.63) is 46.4 Å². The van der Waals surface area contributed by atoms with Gasteiger partial charge >= 0.3 is 5.97 Å². The molecular formula is C12H10N2O3S2. The van der Waals surface area contributed by atoms with Crippen molar-refractivity contribution in [3.8, 4) is 0 Å². The summed E-state index contributed by atoms with van der Waals surface area (Å²) >= 11 is 2.49. The molecule has 0 aliphatic heterocycles. The Morgan fingerprint density at radius 1 is 1.32 bits per heavy atom. The third-order valence-electron chi connectivity index (χ3n) is 2.28. The van der Waals surface area contributed by atoms with E-state index in [1.165, 1.54) is 24.0 Å². The van der Waals surface area contributed by atoms with Gasteiger partial charge in [0.05, 0.1) is 5.56 Å². The molecule has 0 saturated heterocycles. The number of hydrogen-bond acceptors (Lipinski definition) is 5. The monoisotopic (exact) mass is 294 g/mol. The quantitative estimate of drug-likeness (QED) is 0.665. The molecular weight excluding hydrogens is 284 g/mol. The zero-order valence-corrected chi connectivity index (χ0v) is 11.5.